The Morgan fingerprint density at radius 1 is 1.32 bits per heavy atom. The van der Waals surface area contributed by atoms with E-state index in [0.29, 0.717) is 6.07 Å². The zero-order chi connectivity index (χ0) is 18.4. The SMILES string of the molecule is C=CO/N=C(\CC(=O)N[C@H]1C=C[C@@H](C(=O)O)C1)c1cc(F)cc(F)c1. The number of halogens is 2. The van der Waals surface area contributed by atoms with Gasteiger partial charge in [-0.25, -0.2) is 8.78 Å². The van der Waals surface area contributed by atoms with E-state index >= 15 is 0 Å². The minimum atomic E-state index is -0.968. The van der Waals surface area contributed by atoms with Gasteiger partial charge in [0.05, 0.1) is 18.1 Å². The second-order valence-corrected chi connectivity index (χ2v) is 5.38. The highest BCUT2D eigenvalue weighted by atomic mass is 19.1. The number of oxime groups is 1. The molecule has 6 nitrogen and oxygen atoms in total. The number of carboxylic acid groups (broad SMARTS) is 1. The molecule has 1 aromatic carbocycles. The Morgan fingerprint density at radius 2 is 2.00 bits per heavy atom. The van der Waals surface area contributed by atoms with Crippen molar-refractivity contribution in [3.8, 4) is 0 Å². The highest BCUT2D eigenvalue weighted by molar-refractivity contribution is 6.10. The zero-order valence-corrected chi connectivity index (χ0v) is 13.1. The molecule has 132 valence electrons. The summed E-state index contributed by atoms with van der Waals surface area (Å²) in [5.41, 5.74) is 0.0624. The van der Waals surface area contributed by atoms with Crippen LogP contribution in [0.25, 0.3) is 0 Å². The maximum absolute atomic E-state index is 13.4. The van der Waals surface area contributed by atoms with Crippen LogP contribution in [0.3, 0.4) is 0 Å². The van der Waals surface area contributed by atoms with E-state index in [9.17, 15) is 18.4 Å². The fraction of sp³-hybridized carbons (Fsp3) is 0.235. The van der Waals surface area contributed by atoms with Gasteiger partial charge in [0, 0.05) is 17.7 Å². The third-order valence-corrected chi connectivity index (χ3v) is 3.51. The van der Waals surface area contributed by atoms with E-state index in [1.807, 2.05) is 0 Å². The molecular formula is C17H16F2N2O4. The van der Waals surface area contributed by atoms with Gasteiger partial charge in [0.1, 0.15) is 17.9 Å². The first-order valence-electron chi connectivity index (χ1n) is 7.39. The van der Waals surface area contributed by atoms with Crippen molar-refractivity contribution in [1.29, 1.82) is 0 Å². The summed E-state index contributed by atoms with van der Waals surface area (Å²) >= 11 is 0. The fourth-order valence-corrected chi connectivity index (χ4v) is 2.41. The molecule has 0 saturated heterocycles. The molecule has 25 heavy (non-hydrogen) atoms. The van der Waals surface area contributed by atoms with Crippen LogP contribution in [0.1, 0.15) is 18.4 Å². The number of hydrogen-bond donors (Lipinski definition) is 2. The lowest BCUT2D eigenvalue weighted by molar-refractivity contribution is -0.140. The molecule has 1 aromatic rings. The molecule has 0 fully saturated rings. The Kier molecular flexibility index (Phi) is 5.99. The normalized spacial score (nSPS) is 19.5. The highest BCUT2D eigenvalue weighted by Crippen LogP contribution is 2.18. The number of hydrogen-bond acceptors (Lipinski definition) is 4. The molecule has 8 heteroatoms. The predicted molar refractivity (Wildman–Crippen MR) is 85.6 cm³/mol. The molecule has 0 aromatic heterocycles. The number of carboxylic acids is 1. The minimum absolute atomic E-state index is 0.00700. The fourth-order valence-electron chi connectivity index (χ4n) is 2.41. The third-order valence-electron chi connectivity index (χ3n) is 3.51. The molecule has 0 saturated carbocycles. The van der Waals surface area contributed by atoms with Gasteiger partial charge in [0.25, 0.3) is 0 Å². The molecule has 2 rings (SSSR count). The highest BCUT2D eigenvalue weighted by Gasteiger charge is 2.25. The molecule has 2 N–H and O–H groups in total. The molecule has 0 bridgehead atoms. The van der Waals surface area contributed by atoms with Crippen LogP contribution in [0, 0.1) is 17.6 Å². The Labute approximate surface area is 142 Å². The van der Waals surface area contributed by atoms with Crippen molar-refractivity contribution in [2.75, 3.05) is 0 Å². The lowest BCUT2D eigenvalue weighted by Gasteiger charge is -2.13. The second-order valence-electron chi connectivity index (χ2n) is 5.38. The Balaban J connectivity index is 2.07. The number of carbonyl (C=O) groups excluding carboxylic acids is 1. The van der Waals surface area contributed by atoms with E-state index in [2.05, 4.69) is 21.9 Å². The van der Waals surface area contributed by atoms with Gasteiger partial charge in [0.15, 0.2) is 0 Å². The van der Waals surface area contributed by atoms with Gasteiger partial charge in [-0.3, -0.25) is 9.59 Å². The van der Waals surface area contributed by atoms with Crippen LogP contribution in [0.15, 0.2) is 48.3 Å². The summed E-state index contributed by atoms with van der Waals surface area (Å²) in [5, 5.41) is 15.2. The first-order valence-corrected chi connectivity index (χ1v) is 7.39. The molecule has 0 radical (unpaired) electrons. The molecular weight excluding hydrogens is 334 g/mol. The van der Waals surface area contributed by atoms with Crippen molar-refractivity contribution in [3.63, 3.8) is 0 Å². The molecule has 0 spiro atoms. The quantitative estimate of drug-likeness (QED) is 0.342. The van der Waals surface area contributed by atoms with Crippen LogP contribution in [0.2, 0.25) is 0 Å². The van der Waals surface area contributed by atoms with Crippen molar-refractivity contribution in [2.45, 2.75) is 18.9 Å². The number of nitrogens with one attached hydrogen (secondary N) is 1. The minimum Gasteiger partial charge on any atom is -0.481 e. The Bertz CT molecular complexity index is 726. The maximum Gasteiger partial charge on any atom is 0.310 e. The maximum atomic E-state index is 13.4. The Hall–Kier alpha value is -3.03. The summed E-state index contributed by atoms with van der Waals surface area (Å²) in [6.45, 7) is 3.31. The van der Waals surface area contributed by atoms with E-state index in [1.54, 1.807) is 6.08 Å². The molecule has 0 heterocycles. The molecule has 1 aliphatic rings. The van der Waals surface area contributed by atoms with Crippen molar-refractivity contribution < 1.29 is 28.3 Å². The van der Waals surface area contributed by atoms with Gasteiger partial charge < -0.3 is 15.3 Å². The van der Waals surface area contributed by atoms with Crippen LogP contribution in [0.4, 0.5) is 8.78 Å². The van der Waals surface area contributed by atoms with Gasteiger partial charge >= 0.3 is 5.97 Å². The summed E-state index contributed by atoms with van der Waals surface area (Å²) in [6.07, 6.45) is 4.04. The van der Waals surface area contributed by atoms with Crippen LogP contribution >= 0.6 is 0 Å². The van der Waals surface area contributed by atoms with Crippen LogP contribution < -0.4 is 5.32 Å². The van der Waals surface area contributed by atoms with Crippen LogP contribution in [0.5, 0.6) is 0 Å². The van der Waals surface area contributed by atoms with Gasteiger partial charge in [-0.2, -0.15) is 0 Å². The summed E-state index contributed by atoms with van der Waals surface area (Å²) in [5.74, 6) is -3.74. The summed E-state index contributed by atoms with van der Waals surface area (Å²) < 4.78 is 26.7. The first kappa shape index (κ1) is 18.3. The van der Waals surface area contributed by atoms with E-state index < -0.39 is 35.5 Å². The van der Waals surface area contributed by atoms with Crippen molar-refractivity contribution in [2.24, 2.45) is 11.1 Å². The van der Waals surface area contributed by atoms with Crippen molar-refractivity contribution in [1.82, 2.24) is 5.32 Å². The largest absolute Gasteiger partial charge is 0.481 e. The van der Waals surface area contributed by atoms with Crippen LogP contribution in [-0.4, -0.2) is 28.7 Å². The molecule has 2 atom stereocenters. The molecule has 0 unspecified atom stereocenters. The van der Waals surface area contributed by atoms with Crippen LogP contribution in [-0.2, 0) is 14.4 Å². The lowest BCUT2D eigenvalue weighted by Crippen LogP contribution is -2.34. The van der Waals surface area contributed by atoms with Gasteiger partial charge in [-0.05, 0) is 18.6 Å². The lowest BCUT2D eigenvalue weighted by atomic mass is 10.1. The number of aliphatic carboxylic acids is 1. The van der Waals surface area contributed by atoms with E-state index in [0.717, 1.165) is 18.4 Å². The standard InChI is InChI=1S/C17H16F2N2O4/c1-2-25-21-15(11-5-12(18)8-13(19)6-11)9-16(22)20-14-4-3-10(7-14)17(23)24/h2-6,8,10,14H,1,7,9H2,(H,20,22)(H,23,24)/b21-15+/t10-,14+/m1/s1. The molecule has 1 aliphatic carbocycles. The smallest absolute Gasteiger partial charge is 0.310 e. The van der Waals surface area contributed by atoms with Gasteiger partial charge in [0.2, 0.25) is 5.91 Å². The Morgan fingerprint density at radius 3 is 2.56 bits per heavy atom. The summed E-state index contributed by atoms with van der Waals surface area (Å²) in [7, 11) is 0. The topological polar surface area (TPSA) is 88.0 Å². The summed E-state index contributed by atoms with van der Waals surface area (Å²) in [4.78, 5) is 27.7. The number of rotatable bonds is 7. The van der Waals surface area contributed by atoms with Crippen molar-refractivity contribution in [3.05, 3.63) is 60.4 Å². The summed E-state index contributed by atoms with van der Waals surface area (Å²) in [6, 6.07) is 2.32. The van der Waals surface area contributed by atoms with Crippen molar-refractivity contribution >= 4 is 17.6 Å². The molecule has 0 aliphatic heterocycles. The van der Waals surface area contributed by atoms with Gasteiger partial charge in [-0.1, -0.05) is 23.9 Å². The predicted octanol–water partition coefficient (Wildman–Crippen LogP) is 2.36. The average molecular weight is 350 g/mol. The third kappa shape index (κ3) is 5.23. The monoisotopic (exact) mass is 350 g/mol. The van der Waals surface area contributed by atoms with E-state index in [-0.39, 0.29) is 24.1 Å². The first-order chi connectivity index (χ1) is 11.9. The number of carbonyl (C=O) groups is 2. The second kappa shape index (κ2) is 8.18. The van der Waals surface area contributed by atoms with E-state index in [4.69, 9.17) is 5.11 Å². The number of amides is 1. The molecule has 1 amide bonds. The number of benzene rings is 1. The number of nitrogens with zero attached hydrogens (tertiary/aromatic N) is 1. The zero-order valence-electron chi connectivity index (χ0n) is 13.1. The van der Waals surface area contributed by atoms with Gasteiger partial charge in [-0.15, -0.1) is 0 Å². The average Bonchev–Trinajstić information content (AvgIpc) is 2.99. The van der Waals surface area contributed by atoms with E-state index in [1.165, 1.54) is 6.08 Å².